The highest BCUT2D eigenvalue weighted by Crippen LogP contribution is 2.47. The van der Waals surface area contributed by atoms with Gasteiger partial charge in [-0.1, -0.05) is 48.5 Å². The zero-order valence-electron chi connectivity index (χ0n) is 17.2. The van der Waals surface area contributed by atoms with Crippen LogP contribution < -0.4 is 0 Å². The van der Waals surface area contributed by atoms with Gasteiger partial charge in [-0.05, 0) is 60.1 Å². The molecule has 1 aliphatic carbocycles. The van der Waals surface area contributed by atoms with Crippen LogP contribution in [0.1, 0.15) is 72.4 Å². The molecule has 0 aliphatic heterocycles. The molecule has 0 amide bonds. The number of thioether (sulfide) groups is 1. The molecule has 0 bridgehead atoms. The molecule has 2 nitrogen and oxygen atoms in total. The summed E-state index contributed by atoms with van der Waals surface area (Å²) in [6.07, 6.45) is 1.72. The Balaban J connectivity index is 2.29. The van der Waals surface area contributed by atoms with Crippen LogP contribution in [-0.2, 0) is 5.41 Å². The van der Waals surface area contributed by atoms with Crippen molar-refractivity contribution >= 4 is 11.8 Å². The quantitative estimate of drug-likeness (QED) is 0.685. The summed E-state index contributed by atoms with van der Waals surface area (Å²) in [5.41, 5.74) is 2.20. The van der Waals surface area contributed by atoms with Gasteiger partial charge in [0.1, 0.15) is 5.75 Å². The maximum atomic E-state index is 10.6. The molecule has 4 unspecified atom stereocenters. The molecule has 142 valence electrons. The molecular weight excluding hydrogens is 328 g/mol. The van der Waals surface area contributed by atoms with E-state index >= 15 is 0 Å². The van der Waals surface area contributed by atoms with Crippen molar-refractivity contribution in [2.75, 3.05) is 0 Å². The summed E-state index contributed by atoms with van der Waals surface area (Å²) in [5.74, 6) is 1.22. The number of aryl methyl sites for hydroxylation is 1. The lowest BCUT2D eigenvalue weighted by molar-refractivity contribution is -0.00283. The zero-order chi connectivity index (χ0) is 19.2. The third-order valence-electron chi connectivity index (χ3n) is 5.69. The van der Waals surface area contributed by atoms with Crippen molar-refractivity contribution < 1.29 is 10.2 Å². The lowest BCUT2D eigenvalue weighted by Gasteiger charge is -2.44. The average molecular weight is 365 g/mol. The minimum Gasteiger partial charge on any atom is -0.508 e. The maximum Gasteiger partial charge on any atom is 0.119 e. The summed E-state index contributed by atoms with van der Waals surface area (Å²) in [7, 11) is 0. The van der Waals surface area contributed by atoms with E-state index in [1.165, 1.54) is 4.90 Å². The second-order valence-corrected chi connectivity index (χ2v) is 11.3. The number of hydrogen-bond acceptors (Lipinski definition) is 3. The minimum atomic E-state index is -0.196. The maximum absolute atomic E-state index is 10.6. The fraction of sp³-hybridized carbons (Fsp3) is 0.727. The first-order chi connectivity index (χ1) is 11.3. The van der Waals surface area contributed by atoms with E-state index in [9.17, 15) is 10.2 Å². The molecule has 2 rings (SSSR count). The predicted octanol–water partition coefficient (Wildman–Crippen LogP) is 5.91. The molecular formula is C22H36O2S. The number of aliphatic hydroxyl groups is 1. The molecule has 4 atom stereocenters. The Hall–Kier alpha value is -0.670. The van der Waals surface area contributed by atoms with Gasteiger partial charge in [0.2, 0.25) is 0 Å². The van der Waals surface area contributed by atoms with E-state index in [4.69, 9.17) is 0 Å². The standard InChI is InChI=1S/C22H36O2S/c1-13-9-17(23)15(21(3,4)5)11-19(13)25-20-12-16(22(6,7)8)18(24)10-14(20)2/h9,11,14,16,18,20,23-24H,10,12H2,1-8H3. The van der Waals surface area contributed by atoms with Crippen LogP contribution in [0.2, 0.25) is 0 Å². The van der Waals surface area contributed by atoms with Crippen LogP contribution in [0.4, 0.5) is 0 Å². The summed E-state index contributed by atoms with van der Waals surface area (Å²) >= 11 is 1.94. The smallest absolute Gasteiger partial charge is 0.119 e. The van der Waals surface area contributed by atoms with E-state index in [0.717, 1.165) is 24.0 Å². The molecule has 2 N–H and O–H groups in total. The molecule has 0 saturated heterocycles. The van der Waals surface area contributed by atoms with Gasteiger partial charge in [-0.25, -0.2) is 0 Å². The van der Waals surface area contributed by atoms with Crippen molar-refractivity contribution in [3.63, 3.8) is 0 Å². The van der Waals surface area contributed by atoms with E-state index in [2.05, 4.69) is 61.5 Å². The van der Waals surface area contributed by atoms with E-state index in [1.807, 2.05) is 17.8 Å². The van der Waals surface area contributed by atoms with Gasteiger partial charge in [0.05, 0.1) is 6.10 Å². The number of hydrogen-bond donors (Lipinski definition) is 2. The van der Waals surface area contributed by atoms with Crippen molar-refractivity contribution in [1.82, 2.24) is 0 Å². The Morgan fingerprint density at radius 1 is 1.04 bits per heavy atom. The highest BCUT2D eigenvalue weighted by molar-refractivity contribution is 8.00. The Morgan fingerprint density at radius 3 is 2.16 bits per heavy atom. The lowest BCUT2D eigenvalue weighted by Crippen LogP contribution is -2.42. The van der Waals surface area contributed by atoms with Crippen LogP contribution in [-0.4, -0.2) is 21.6 Å². The molecule has 1 aliphatic rings. The minimum absolute atomic E-state index is 0.0740. The van der Waals surface area contributed by atoms with E-state index in [-0.39, 0.29) is 16.9 Å². The first-order valence-corrected chi connectivity index (χ1v) is 10.4. The number of aromatic hydroxyl groups is 1. The third-order valence-corrected chi connectivity index (χ3v) is 7.34. The number of rotatable bonds is 2. The van der Waals surface area contributed by atoms with Crippen molar-refractivity contribution in [3.05, 3.63) is 23.3 Å². The van der Waals surface area contributed by atoms with Crippen molar-refractivity contribution in [2.24, 2.45) is 17.3 Å². The molecule has 3 heteroatoms. The molecule has 1 fully saturated rings. The second kappa shape index (κ2) is 7.15. The molecule has 0 heterocycles. The van der Waals surface area contributed by atoms with Crippen LogP contribution in [0, 0.1) is 24.2 Å². The first-order valence-electron chi connectivity index (χ1n) is 9.49. The third kappa shape index (κ3) is 4.74. The Morgan fingerprint density at radius 2 is 1.64 bits per heavy atom. The van der Waals surface area contributed by atoms with Crippen LogP contribution in [0.5, 0.6) is 5.75 Å². The summed E-state index contributed by atoms with van der Waals surface area (Å²) in [6, 6.07) is 4.09. The summed E-state index contributed by atoms with van der Waals surface area (Å²) < 4.78 is 0. The largest absolute Gasteiger partial charge is 0.508 e. The summed E-state index contributed by atoms with van der Waals surface area (Å²) in [6.45, 7) is 17.5. The van der Waals surface area contributed by atoms with Crippen molar-refractivity contribution in [3.8, 4) is 5.75 Å². The highest BCUT2D eigenvalue weighted by atomic mass is 32.2. The molecule has 25 heavy (non-hydrogen) atoms. The average Bonchev–Trinajstić information content (AvgIpc) is 2.41. The van der Waals surface area contributed by atoms with Crippen LogP contribution >= 0.6 is 11.8 Å². The van der Waals surface area contributed by atoms with Gasteiger partial charge >= 0.3 is 0 Å². The van der Waals surface area contributed by atoms with E-state index < -0.39 is 0 Å². The first kappa shape index (κ1) is 20.6. The van der Waals surface area contributed by atoms with Gasteiger partial charge in [-0.15, -0.1) is 11.8 Å². The fourth-order valence-electron chi connectivity index (χ4n) is 4.00. The molecule has 1 aromatic carbocycles. The fourth-order valence-corrected chi connectivity index (χ4v) is 5.40. The Kier molecular flexibility index (Phi) is 5.90. The zero-order valence-corrected chi connectivity index (χ0v) is 18.0. The Labute approximate surface area is 158 Å². The lowest BCUT2D eigenvalue weighted by atomic mass is 9.68. The highest BCUT2D eigenvalue weighted by Gasteiger charge is 2.40. The van der Waals surface area contributed by atoms with Gasteiger partial charge in [0.25, 0.3) is 0 Å². The number of benzene rings is 1. The van der Waals surface area contributed by atoms with Gasteiger partial charge in [0, 0.05) is 15.7 Å². The molecule has 1 aromatic rings. The summed E-state index contributed by atoms with van der Waals surface area (Å²) in [4.78, 5) is 1.27. The van der Waals surface area contributed by atoms with Crippen molar-refractivity contribution in [2.45, 2.75) is 89.9 Å². The summed E-state index contributed by atoms with van der Waals surface area (Å²) in [5, 5.41) is 21.4. The molecule has 0 spiro atoms. The monoisotopic (exact) mass is 364 g/mol. The normalized spacial score (nSPS) is 28.2. The van der Waals surface area contributed by atoms with E-state index in [1.54, 1.807) is 0 Å². The number of phenols is 1. The molecule has 0 aromatic heterocycles. The molecule has 0 radical (unpaired) electrons. The van der Waals surface area contributed by atoms with Crippen LogP contribution in [0.3, 0.4) is 0 Å². The topological polar surface area (TPSA) is 40.5 Å². The van der Waals surface area contributed by atoms with Crippen LogP contribution in [0.25, 0.3) is 0 Å². The Bertz CT molecular complexity index is 610. The van der Waals surface area contributed by atoms with Crippen molar-refractivity contribution in [1.29, 1.82) is 0 Å². The van der Waals surface area contributed by atoms with Gasteiger partial charge in [0.15, 0.2) is 0 Å². The predicted molar refractivity (Wildman–Crippen MR) is 109 cm³/mol. The van der Waals surface area contributed by atoms with Gasteiger partial charge in [-0.2, -0.15) is 0 Å². The van der Waals surface area contributed by atoms with Gasteiger partial charge in [-0.3, -0.25) is 0 Å². The SMILES string of the molecule is Cc1cc(O)c(C(C)(C)C)cc1SC1CC(C(C)(C)C)C(O)CC1C. The van der Waals surface area contributed by atoms with Gasteiger partial charge < -0.3 is 10.2 Å². The van der Waals surface area contributed by atoms with Crippen LogP contribution in [0.15, 0.2) is 17.0 Å². The second-order valence-electron chi connectivity index (χ2n) is 10.0. The van der Waals surface area contributed by atoms with E-state index in [0.29, 0.717) is 22.8 Å². The molecule has 1 saturated carbocycles. The number of aliphatic hydroxyl groups excluding tert-OH is 1. The number of phenolic OH excluding ortho intramolecular Hbond substituents is 1.